The highest BCUT2D eigenvalue weighted by atomic mass is 19.1. The van der Waals surface area contributed by atoms with Gasteiger partial charge in [-0.2, -0.15) is 0 Å². The first-order valence-electron chi connectivity index (χ1n) is 7.99. The summed E-state index contributed by atoms with van der Waals surface area (Å²) < 4.78 is 13.6. The van der Waals surface area contributed by atoms with E-state index in [1.807, 2.05) is 6.20 Å². The summed E-state index contributed by atoms with van der Waals surface area (Å²) in [6.45, 7) is 0. The van der Waals surface area contributed by atoms with Crippen molar-refractivity contribution >= 4 is 10.9 Å². The average Bonchev–Trinajstić information content (AvgIpc) is 3.26. The van der Waals surface area contributed by atoms with Crippen LogP contribution >= 0.6 is 0 Å². The Bertz CT molecular complexity index is 670. The maximum atomic E-state index is 13.6. The number of nitrogens with two attached hydrogens (primary N) is 1. The summed E-state index contributed by atoms with van der Waals surface area (Å²) in [5.41, 5.74) is 8.67. The minimum atomic E-state index is -0.177. The SMILES string of the molecule is NC1([C@H]2CC[C@H](c3ccnc4ccc(F)cc43)CC2)CC1. The van der Waals surface area contributed by atoms with Gasteiger partial charge in [0.15, 0.2) is 0 Å². The molecule has 0 aliphatic heterocycles. The van der Waals surface area contributed by atoms with Crippen molar-refractivity contribution in [1.82, 2.24) is 4.98 Å². The van der Waals surface area contributed by atoms with Gasteiger partial charge >= 0.3 is 0 Å². The lowest BCUT2D eigenvalue weighted by molar-refractivity contribution is 0.270. The Morgan fingerprint density at radius 2 is 1.86 bits per heavy atom. The molecule has 2 nitrogen and oxygen atoms in total. The molecule has 0 unspecified atom stereocenters. The monoisotopic (exact) mass is 284 g/mol. The van der Waals surface area contributed by atoms with Crippen molar-refractivity contribution in [2.24, 2.45) is 11.7 Å². The highest BCUT2D eigenvalue weighted by Crippen LogP contribution is 2.49. The molecule has 0 atom stereocenters. The van der Waals surface area contributed by atoms with E-state index in [0.717, 1.165) is 10.9 Å². The number of rotatable bonds is 2. The molecule has 2 aromatic rings. The number of pyridine rings is 1. The van der Waals surface area contributed by atoms with Crippen LogP contribution in [0.3, 0.4) is 0 Å². The lowest BCUT2D eigenvalue weighted by Crippen LogP contribution is -2.34. The molecule has 2 aliphatic carbocycles. The van der Waals surface area contributed by atoms with E-state index in [1.54, 1.807) is 12.1 Å². The van der Waals surface area contributed by atoms with Gasteiger partial charge in [-0.1, -0.05) is 0 Å². The van der Waals surface area contributed by atoms with Gasteiger partial charge in [0.1, 0.15) is 5.82 Å². The van der Waals surface area contributed by atoms with Crippen LogP contribution in [0.25, 0.3) is 10.9 Å². The van der Waals surface area contributed by atoms with E-state index < -0.39 is 0 Å². The van der Waals surface area contributed by atoms with Crippen molar-refractivity contribution in [2.75, 3.05) is 0 Å². The summed E-state index contributed by atoms with van der Waals surface area (Å²) in [4.78, 5) is 4.36. The van der Waals surface area contributed by atoms with Gasteiger partial charge in [0.2, 0.25) is 0 Å². The standard InChI is InChI=1S/C18H21FN2/c19-14-5-6-17-16(11-14)15(7-10-21-17)12-1-3-13(4-2-12)18(20)8-9-18/h5-7,10-13H,1-4,8-9,20H2/t12-,13-. The second kappa shape index (κ2) is 4.77. The molecule has 0 spiro atoms. The van der Waals surface area contributed by atoms with Gasteiger partial charge in [0.05, 0.1) is 5.52 Å². The first kappa shape index (κ1) is 13.2. The third-order valence-electron chi connectivity index (χ3n) is 5.54. The Labute approximate surface area is 124 Å². The minimum Gasteiger partial charge on any atom is -0.325 e. The van der Waals surface area contributed by atoms with Gasteiger partial charge < -0.3 is 5.73 Å². The molecular formula is C18H21FN2. The summed E-state index contributed by atoms with van der Waals surface area (Å²) in [5.74, 6) is 1.04. The molecule has 4 rings (SSSR count). The topological polar surface area (TPSA) is 38.9 Å². The van der Waals surface area contributed by atoms with Crippen LogP contribution < -0.4 is 5.73 Å². The number of fused-ring (bicyclic) bond motifs is 1. The minimum absolute atomic E-state index is 0.150. The summed E-state index contributed by atoms with van der Waals surface area (Å²) in [6, 6.07) is 6.97. The normalized spacial score (nSPS) is 27.7. The molecular weight excluding hydrogens is 263 g/mol. The molecule has 2 fully saturated rings. The molecule has 2 saturated carbocycles. The molecule has 2 N–H and O–H groups in total. The highest BCUT2D eigenvalue weighted by Gasteiger charge is 2.46. The third kappa shape index (κ3) is 2.34. The largest absolute Gasteiger partial charge is 0.325 e. The molecule has 110 valence electrons. The average molecular weight is 284 g/mol. The number of benzene rings is 1. The van der Waals surface area contributed by atoms with Crippen LogP contribution in [0.15, 0.2) is 30.5 Å². The smallest absolute Gasteiger partial charge is 0.123 e. The first-order valence-corrected chi connectivity index (χ1v) is 7.99. The van der Waals surface area contributed by atoms with E-state index >= 15 is 0 Å². The number of hydrogen-bond acceptors (Lipinski definition) is 2. The van der Waals surface area contributed by atoms with Crippen molar-refractivity contribution in [2.45, 2.75) is 50.0 Å². The molecule has 3 heteroatoms. The fourth-order valence-electron chi connectivity index (χ4n) is 4.03. The van der Waals surface area contributed by atoms with Crippen molar-refractivity contribution in [3.05, 3.63) is 41.8 Å². The van der Waals surface area contributed by atoms with Crippen LogP contribution in [-0.2, 0) is 0 Å². The second-order valence-corrected chi connectivity index (χ2v) is 6.84. The zero-order valence-corrected chi connectivity index (χ0v) is 12.2. The fourth-order valence-corrected chi connectivity index (χ4v) is 4.03. The molecule has 1 aromatic carbocycles. The van der Waals surface area contributed by atoms with E-state index in [1.165, 1.54) is 50.2 Å². The second-order valence-electron chi connectivity index (χ2n) is 6.84. The van der Waals surface area contributed by atoms with Crippen LogP contribution in [0, 0.1) is 11.7 Å². The predicted molar refractivity (Wildman–Crippen MR) is 82.6 cm³/mol. The molecule has 1 heterocycles. The molecule has 0 bridgehead atoms. The molecule has 0 radical (unpaired) electrons. The predicted octanol–water partition coefficient (Wildman–Crippen LogP) is 4.14. The molecule has 2 aliphatic rings. The Balaban J connectivity index is 1.61. The third-order valence-corrected chi connectivity index (χ3v) is 5.54. The fraction of sp³-hybridized carbons (Fsp3) is 0.500. The van der Waals surface area contributed by atoms with Gasteiger partial charge in [-0.15, -0.1) is 0 Å². The van der Waals surface area contributed by atoms with Crippen molar-refractivity contribution < 1.29 is 4.39 Å². The number of aromatic nitrogens is 1. The molecule has 21 heavy (non-hydrogen) atoms. The van der Waals surface area contributed by atoms with Crippen molar-refractivity contribution in [3.63, 3.8) is 0 Å². The van der Waals surface area contributed by atoms with E-state index in [-0.39, 0.29) is 11.4 Å². The van der Waals surface area contributed by atoms with Crippen LogP contribution in [-0.4, -0.2) is 10.5 Å². The van der Waals surface area contributed by atoms with Gasteiger partial charge in [0, 0.05) is 17.1 Å². The Morgan fingerprint density at radius 3 is 2.57 bits per heavy atom. The zero-order valence-electron chi connectivity index (χ0n) is 12.2. The maximum absolute atomic E-state index is 13.6. The van der Waals surface area contributed by atoms with E-state index in [0.29, 0.717) is 11.8 Å². The van der Waals surface area contributed by atoms with Gasteiger partial charge in [-0.25, -0.2) is 4.39 Å². The Morgan fingerprint density at radius 1 is 1.10 bits per heavy atom. The quantitative estimate of drug-likeness (QED) is 0.900. The van der Waals surface area contributed by atoms with Crippen LogP contribution in [0.1, 0.15) is 50.0 Å². The summed E-state index contributed by atoms with van der Waals surface area (Å²) in [5, 5.41) is 0.981. The number of hydrogen-bond donors (Lipinski definition) is 1. The highest BCUT2D eigenvalue weighted by molar-refractivity contribution is 5.82. The Kier molecular flexibility index (Phi) is 3.00. The van der Waals surface area contributed by atoms with E-state index in [4.69, 9.17) is 5.73 Å². The molecule has 0 amide bonds. The number of nitrogens with zero attached hydrogens (tertiary/aromatic N) is 1. The van der Waals surface area contributed by atoms with Gasteiger partial charge in [-0.3, -0.25) is 4.98 Å². The zero-order chi connectivity index (χ0) is 14.4. The Hall–Kier alpha value is -1.48. The molecule has 1 aromatic heterocycles. The molecule has 0 saturated heterocycles. The summed E-state index contributed by atoms with van der Waals surface area (Å²) in [6.07, 6.45) is 9.00. The van der Waals surface area contributed by atoms with Gasteiger partial charge in [0.25, 0.3) is 0 Å². The van der Waals surface area contributed by atoms with Crippen LogP contribution in [0.2, 0.25) is 0 Å². The van der Waals surface area contributed by atoms with E-state index in [9.17, 15) is 4.39 Å². The van der Waals surface area contributed by atoms with Gasteiger partial charge in [-0.05, 0) is 80.2 Å². The number of halogens is 1. The lowest BCUT2D eigenvalue weighted by atomic mass is 9.74. The van der Waals surface area contributed by atoms with Crippen molar-refractivity contribution in [1.29, 1.82) is 0 Å². The van der Waals surface area contributed by atoms with E-state index in [2.05, 4.69) is 11.1 Å². The van der Waals surface area contributed by atoms with Crippen molar-refractivity contribution in [3.8, 4) is 0 Å². The van der Waals surface area contributed by atoms with Crippen LogP contribution in [0.4, 0.5) is 4.39 Å². The maximum Gasteiger partial charge on any atom is 0.123 e. The first-order chi connectivity index (χ1) is 10.2. The summed E-state index contributed by atoms with van der Waals surface area (Å²) in [7, 11) is 0. The van der Waals surface area contributed by atoms with Crippen LogP contribution in [0.5, 0.6) is 0 Å². The lowest BCUT2D eigenvalue weighted by Gasteiger charge is -2.33. The summed E-state index contributed by atoms with van der Waals surface area (Å²) >= 11 is 0.